The number of hydrogen-bond donors (Lipinski definition) is 4. The molecule has 12 nitrogen and oxygen atoms in total. The maximum absolute atomic E-state index is 13.3. The zero-order chi connectivity index (χ0) is 38.1. The van der Waals surface area contributed by atoms with Crippen LogP contribution in [0.3, 0.4) is 0 Å². The quantitative estimate of drug-likeness (QED) is 0.123. The van der Waals surface area contributed by atoms with Crippen LogP contribution in [-0.2, 0) is 9.59 Å². The number of amides is 5. The fraction of sp³-hybridized carbons (Fsp3) is 0.400. The monoisotopic (exact) mass is 738 g/mol. The van der Waals surface area contributed by atoms with Crippen LogP contribution in [0.25, 0.3) is 0 Å². The SMILES string of the molecule is CC1(C)C(NC(=O)c2ccc(NCCCCCNc3ccc4c(c3)C(=O)N(C3CCC(=O)NC3=O)C4=O)cc2)C(C)(C)C1Oc1ccc(C#N)c(Cl)c1. The normalized spacial score (nSPS) is 21.2. The molecular formula is C40H43ClN6O6. The van der Waals surface area contributed by atoms with Crippen molar-refractivity contribution in [2.45, 2.75) is 78.0 Å². The predicted molar refractivity (Wildman–Crippen MR) is 200 cm³/mol. The number of carbonyl (C=O) groups is 5. The number of piperidine rings is 1. The number of hydrogen-bond acceptors (Lipinski definition) is 9. The molecule has 2 fully saturated rings. The van der Waals surface area contributed by atoms with Crippen LogP contribution in [0.5, 0.6) is 5.75 Å². The Hall–Kier alpha value is -5.41. The summed E-state index contributed by atoms with van der Waals surface area (Å²) < 4.78 is 6.33. The van der Waals surface area contributed by atoms with Gasteiger partial charge in [-0.25, -0.2) is 0 Å². The van der Waals surface area contributed by atoms with Crippen molar-refractivity contribution < 1.29 is 28.7 Å². The Bertz CT molecular complexity index is 1990. The number of unbranched alkanes of at least 4 members (excludes halogenated alkanes) is 2. The lowest BCUT2D eigenvalue weighted by molar-refractivity contribution is -0.164. The van der Waals surface area contributed by atoms with Crippen LogP contribution in [0.4, 0.5) is 11.4 Å². The smallest absolute Gasteiger partial charge is 0.262 e. The first kappa shape index (κ1) is 37.4. The Morgan fingerprint density at radius 2 is 1.53 bits per heavy atom. The van der Waals surface area contributed by atoms with Crippen LogP contribution in [0, 0.1) is 22.2 Å². The minimum atomic E-state index is -0.987. The van der Waals surface area contributed by atoms with Gasteiger partial charge in [0.1, 0.15) is 24.0 Å². The highest BCUT2D eigenvalue weighted by Crippen LogP contribution is 2.55. The highest BCUT2D eigenvalue weighted by atomic mass is 35.5. The van der Waals surface area contributed by atoms with E-state index in [0.29, 0.717) is 34.1 Å². The fourth-order valence-corrected chi connectivity index (χ4v) is 8.24. The number of nitriles is 1. The van der Waals surface area contributed by atoms with Crippen molar-refractivity contribution in [3.8, 4) is 11.8 Å². The summed E-state index contributed by atoms with van der Waals surface area (Å²) in [4.78, 5) is 64.0. The summed E-state index contributed by atoms with van der Waals surface area (Å²) in [7, 11) is 0. The Kier molecular flexibility index (Phi) is 10.5. The van der Waals surface area contributed by atoms with Gasteiger partial charge in [-0.3, -0.25) is 34.2 Å². The van der Waals surface area contributed by atoms with Crippen LogP contribution in [-0.4, -0.2) is 65.7 Å². The van der Waals surface area contributed by atoms with Gasteiger partial charge in [-0.2, -0.15) is 5.26 Å². The Labute approximate surface area is 313 Å². The second-order valence-corrected chi connectivity index (χ2v) is 15.4. The van der Waals surface area contributed by atoms with Crippen molar-refractivity contribution in [1.29, 1.82) is 5.26 Å². The van der Waals surface area contributed by atoms with Crippen LogP contribution in [0.2, 0.25) is 5.02 Å². The van der Waals surface area contributed by atoms with E-state index < -0.39 is 29.7 Å². The first-order chi connectivity index (χ1) is 25.2. The van der Waals surface area contributed by atoms with Gasteiger partial charge >= 0.3 is 0 Å². The van der Waals surface area contributed by atoms with Gasteiger partial charge in [-0.1, -0.05) is 39.3 Å². The lowest BCUT2D eigenvalue weighted by Crippen LogP contribution is -2.74. The van der Waals surface area contributed by atoms with Gasteiger partial charge in [-0.15, -0.1) is 0 Å². The first-order valence-corrected chi connectivity index (χ1v) is 18.2. The lowest BCUT2D eigenvalue weighted by Gasteiger charge is -2.63. The van der Waals surface area contributed by atoms with Gasteiger partial charge in [0.15, 0.2) is 0 Å². The molecule has 53 heavy (non-hydrogen) atoms. The molecule has 1 saturated carbocycles. The molecule has 6 rings (SSSR count). The number of halogens is 1. The highest BCUT2D eigenvalue weighted by molar-refractivity contribution is 6.31. The standard InChI is InChI=1S/C40H43ClN6O6/c1-39(2)37(40(3,4)38(39)53-27-14-10-24(22-42)30(41)21-27)46-33(49)23-8-11-25(12-9-23)43-18-6-5-7-19-44-26-13-15-28-29(20-26)36(52)47(35(28)51)31-16-17-32(48)45-34(31)50/h8-15,20-21,31,37-38,43-44H,5-7,16-19H2,1-4H3,(H,46,49)(H,45,48,50). The third-order valence-electron chi connectivity index (χ3n) is 10.5. The van der Waals surface area contributed by atoms with Gasteiger partial charge in [0, 0.05) is 59.4 Å². The molecule has 4 N–H and O–H groups in total. The van der Waals surface area contributed by atoms with Gasteiger partial charge < -0.3 is 20.7 Å². The van der Waals surface area contributed by atoms with E-state index in [1.54, 1.807) is 36.4 Å². The summed E-state index contributed by atoms with van der Waals surface area (Å²) in [5, 5.41) is 21.7. The maximum atomic E-state index is 13.3. The van der Waals surface area contributed by atoms with E-state index in [0.717, 1.165) is 36.4 Å². The molecule has 3 aromatic carbocycles. The molecule has 1 aliphatic carbocycles. The van der Waals surface area contributed by atoms with E-state index in [-0.39, 0.29) is 52.9 Å². The van der Waals surface area contributed by atoms with Gasteiger partial charge in [0.2, 0.25) is 11.8 Å². The highest BCUT2D eigenvalue weighted by Gasteiger charge is 2.64. The van der Waals surface area contributed by atoms with Gasteiger partial charge in [0.25, 0.3) is 17.7 Å². The van der Waals surface area contributed by atoms with Crippen LogP contribution in [0.15, 0.2) is 60.7 Å². The van der Waals surface area contributed by atoms with Crippen LogP contribution in [0.1, 0.15) is 96.4 Å². The number of nitrogens with zero attached hydrogens (tertiary/aromatic N) is 2. The average molecular weight is 739 g/mol. The zero-order valence-electron chi connectivity index (χ0n) is 30.2. The molecule has 0 aromatic heterocycles. The summed E-state index contributed by atoms with van der Waals surface area (Å²) in [5.74, 6) is -1.65. The lowest BCUT2D eigenvalue weighted by atomic mass is 9.49. The molecule has 0 radical (unpaired) electrons. The minimum Gasteiger partial charge on any atom is -0.489 e. The molecule has 13 heteroatoms. The van der Waals surface area contributed by atoms with Crippen molar-refractivity contribution in [3.63, 3.8) is 0 Å². The molecule has 2 aliphatic heterocycles. The molecule has 276 valence electrons. The van der Waals surface area contributed by atoms with E-state index >= 15 is 0 Å². The topological polar surface area (TPSA) is 170 Å². The number of nitrogens with one attached hydrogen (secondary N) is 4. The minimum absolute atomic E-state index is 0.0777. The van der Waals surface area contributed by atoms with Crippen molar-refractivity contribution in [2.75, 3.05) is 23.7 Å². The Morgan fingerprint density at radius 3 is 2.17 bits per heavy atom. The van der Waals surface area contributed by atoms with Gasteiger partial charge in [-0.05, 0) is 80.3 Å². The van der Waals surface area contributed by atoms with Crippen LogP contribution >= 0.6 is 11.6 Å². The van der Waals surface area contributed by atoms with E-state index in [9.17, 15) is 24.0 Å². The second kappa shape index (κ2) is 14.9. The van der Waals surface area contributed by atoms with Crippen LogP contribution < -0.4 is 26.0 Å². The number of benzene rings is 3. The number of rotatable bonds is 13. The summed E-state index contributed by atoms with van der Waals surface area (Å²) in [6.45, 7) is 9.71. The fourth-order valence-electron chi connectivity index (χ4n) is 8.02. The molecule has 0 bridgehead atoms. The number of carbonyl (C=O) groups excluding carboxylic acids is 5. The van der Waals surface area contributed by atoms with Crippen molar-refractivity contribution in [3.05, 3.63) is 87.9 Å². The molecule has 3 aromatic rings. The summed E-state index contributed by atoms with van der Waals surface area (Å²) >= 11 is 6.21. The number of anilines is 2. The molecule has 1 atom stereocenters. The van der Waals surface area contributed by atoms with E-state index in [2.05, 4.69) is 55.0 Å². The summed E-state index contributed by atoms with van der Waals surface area (Å²) in [6, 6.07) is 18.4. The number of imide groups is 2. The predicted octanol–water partition coefficient (Wildman–Crippen LogP) is 5.92. The Balaban J connectivity index is 0.911. The summed E-state index contributed by atoms with van der Waals surface area (Å²) in [6.07, 6.45) is 2.76. The van der Waals surface area contributed by atoms with Crippen molar-refractivity contribution >= 4 is 52.5 Å². The molecule has 1 unspecified atom stereocenters. The van der Waals surface area contributed by atoms with Gasteiger partial charge in [0.05, 0.1) is 21.7 Å². The number of ether oxygens (including phenoxy) is 1. The second-order valence-electron chi connectivity index (χ2n) is 15.0. The molecule has 5 amide bonds. The first-order valence-electron chi connectivity index (χ1n) is 17.8. The maximum Gasteiger partial charge on any atom is 0.262 e. The Morgan fingerprint density at radius 1 is 0.887 bits per heavy atom. The average Bonchev–Trinajstić information content (AvgIpc) is 3.37. The largest absolute Gasteiger partial charge is 0.489 e. The zero-order valence-corrected chi connectivity index (χ0v) is 30.9. The molecular weight excluding hydrogens is 696 g/mol. The third-order valence-corrected chi connectivity index (χ3v) is 10.8. The van der Waals surface area contributed by atoms with E-state index in [4.69, 9.17) is 21.6 Å². The van der Waals surface area contributed by atoms with E-state index in [1.807, 2.05) is 24.3 Å². The van der Waals surface area contributed by atoms with Crippen molar-refractivity contribution in [1.82, 2.24) is 15.5 Å². The van der Waals surface area contributed by atoms with Crippen molar-refractivity contribution in [2.24, 2.45) is 10.8 Å². The number of fused-ring (bicyclic) bond motifs is 1. The molecule has 1 saturated heterocycles. The molecule has 3 aliphatic rings. The molecule has 0 spiro atoms. The summed E-state index contributed by atoms with van der Waals surface area (Å²) in [5.41, 5.74) is 2.36. The van der Waals surface area contributed by atoms with E-state index in [1.165, 1.54) is 0 Å². The molecule has 2 heterocycles. The third kappa shape index (κ3) is 7.44.